The van der Waals surface area contributed by atoms with Crippen LogP contribution in [0.25, 0.3) is 0 Å². The molecule has 0 saturated carbocycles. The second-order valence-electron chi connectivity index (χ2n) is 3.65. The molecule has 6 heteroatoms. The molecule has 1 aromatic heterocycles. The van der Waals surface area contributed by atoms with Crippen LogP contribution in [0, 0.1) is 13.8 Å². The number of hydrogen-bond acceptors (Lipinski definition) is 5. The summed E-state index contributed by atoms with van der Waals surface area (Å²) in [5.74, 6) is 0.0977. The minimum Gasteiger partial charge on any atom is -0.408 e. The van der Waals surface area contributed by atoms with Gasteiger partial charge in [-0.3, -0.25) is 10.1 Å². The fourth-order valence-electron chi connectivity index (χ4n) is 1.45. The van der Waals surface area contributed by atoms with E-state index < -0.39 is 0 Å². The summed E-state index contributed by atoms with van der Waals surface area (Å²) in [6.07, 6.45) is 0. The topological polar surface area (TPSA) is 94.0 Å². The maximum absolute atomic E-state index is 11.9. The van der Waals surface area contributed by atoms with Crippen LogP contribution in [0.3, 0.4) is 0 Å². The van der Waals surface area contributed by atoms with E-state index in [1.54, 1.807) is 25.1 Å². The minimum absolute atomic E-state index is 0.0868. The Morgan fingerprint density at radius 2 is 2.12 bits per heavy atom. The summed E-state index contributed by atoms with van der Waals surface area (Å²) in [5.41, 5.74) is 7.54. The number of hydrogen-bond donors (Lipinski definition) is 2. The normalized spacial score (nSPS) is 10.2. The van der Waals surface area contributed by atoms with Crippen LogP contribution in [0.15, 0.2) is 22.6 Å². The first-order valence-electron chi connectivity index (χ1n) is 5.04. The van der Waals surface area contributed by atoms with Gasteiger partial charge in [0, 0.05) is 18.2 Å². The average Bonchev–Trinajstić information content (AvgIpc) is 2.63. The van der Waals surface area contributed by atoms with Crippen molar-refractivity contribution in [1.29, 1.82) is 0 Å². The molecule has 0 spiro atoms. The zero-order chi connectivity index (χ0) is 12.4. The van der Waals surface area contributed by atoms with Crippen molar-refractivity contribution in [3.63, 3.8) is 0 Å². The molecule has 0 unspecified atom stereocenters. The number of benzene rings is 1. The van der Waals surface area contributed by atoms with Gasteiger partial charge >= 0.3 is 6.01 Å². The van der Waals surface area contributed by atoms with Crippen molar-refractivity contribution in [1.82, 2.24) is 10.2 Å². The van der Waals surface area contributed by atoms with Gasteiger partial charge in [0.1, 0.15) is 0 Å². The Bertz CT molecular complexity index is 562. The Balaban J connectivity index is 2.20. The molecule has 0 saturated heterocycles. The number of nitrogens with two attached hydrogens (primary N) is 1. The summed E-state index contributed by atoms with van der Waals surface area (Å²) in [4.78, 5) is 11.9. The molecule has 2 rings (SSSR count). The van der Waals surface area contributed by atoms with E-state index in [-0.39, 0.29) is 11.9 Å². The van der Waals surface area contributed by atoms with Crippen molar-refractivity contribution >= 4 is 17.6 Å². The number of carbonyl (C=O) groups excluding carboxylic acids is 1. The Morgan fingerprint density at radius 1 is 1.35 bits per heavy atom. The fourth-order valence-corrected chi connectivity index (χ4v) is 1.45. The number of nitrogen functional groups attached to an aromatic ring is 1. The molecule has 3 N–H and O–H groups in total. The smallest absolute Gasteiger partial charge is 0.322 e. The summed E-state index contributed by atoms with van der Waals surface area (Å²) in [6.45, 7) is 3.46. The Morgan fingerprint density at radius 3 is 2.71 bits per heavy atom. The van der Waals surface area contributed by atoms with E-state index in [0.29, 0.717) is 17.1 Å². The number of rotatable bonds is 2. The lowest BCUT2D eigenvalue weighted by Crippen LogP contribution is -2.13. The van der Waals surface area contributed by atoms with Crippen molar-refractivity contribution in [2.75, 3.05) is 11.1 Å². The summed E-state index contributed by atoms with van der Waals surface area (Å²) in [5, 5.41) is 9.82. The second kappa shape index (κ2) is 4.25. The van der Waals surface area contributed by atoms with Gasteiger partial charge in [0.15, 0.2) is 0 Å². The maximum Gasteiger partial charge on any atom is 0.322 e. The molecule has 0 aliphatic rings. The molecule has 1 amide bonds. The molecule has 1 heterocycles. The first kappa shape index (κ1) is 11.1. The van der Waals surface area contributed by atoms with Crippen molar-refractivity contribution in [2.24, 2.45) is 0 Å². The van der Waals surface area contributed by atoms with Crippen LogP contribution >= 0.6 is 0 Å². The summed E-state index contributed by atoms with van der Waals surface area (Å²) in [6, 6.07) is 5.14. The molecule has 88 valence electrons. The zero-order valence-corrected chi connectivity index (χ0v) is 9.52. The Kier molecular flexibility index (Phi) is 2.78. The highest BCUT2D eigenvalue weighted by molar-refractivity contribution is 6.04. The number of nitrogens with one attached hydrogen (secondary N) is 1. The second-order valence-corrected chi connectivity index (χ2v) is 3.65. The van der Waals surface area contributed by atoms with Crippen LogP contribution in [-0.2, 0) is 0 Å². The highest BCUT2D eigenvalue weighted by Crippen LogP contribution is 2.14. The van der Waals surface area contributed by atoms with Crippen molar-refractivity contribution in [3.05, 3.63) is 35.2 Å². The van der Waals surface area contributed by atoms with Gasteiger partial charge < -0.3 is 10.2 Å². The van der Waals surface area contributed by atoms with Crippen LogP contribution in [-0.4, -0.2) is 16.1 Å². The van der Waals surface area contributed by atoms with E-state index in [1.807, 2.05) is 6.92 Å². The molecule has 1 aromatic carbocycles. The largest absolute Gasteiger partial charge is 0.408 e. The fraction of sp³-hybridized carbons (Fsp3) is 0.182. The Hall–Kier alpha value is -2.37. The summed E-state index contributed by atoms with van der Waals surface area (Å²) in [7, 11) is 0. The maximum atomic E-state index is 11.9. The van der Waals surface area contributed by atoms with Crippen LogP contribution in [0.4, 0.5) is 11.7 Å². The molecule has 17 heavy (non-hydrogen) atoms. The average molecular weight is 232 g/mol. The van der Waals surface area contributed by atoms with Gasteiger partial charge in [-0.1, -0.05) is 5.10 Å². The molecule has 6 nitrogen and oxygen atoms in total. The quantitative estimate of drug-likeness (QED) is 0.765. The number of nitrogens with zero attached hydrogens (tertiary/aromatic N) is 2. The third-order valence-electron chi connectivity index (χ3n) is 2.24. The van der Waals surface area contributed by atoms with Gasteiger partial charge in [0.25, 0.3) is 5.91 Å². The van der Waals surface area contributed by atoms with Gasteiger partial charge in [-0.15, -0.1) is 5.10 Å². The highest BCUT2D eigenvalue weighted by atomic mass is 16.4. The number of aryl methyl sites for hydroxylation is 2. The molecule has 0 fully saturated rings. The molecule has 0 aliphatic carbocycles. The molecule has 2 aromatic rings. The monoisotopic (exact) mass is 232 g/mol. The van der Waals surface area contributed by atoms with Gasteiger partial charge in [-0.25, -0.2) is 0 Å². The van der Waals surface area contributed by atoms with E-state index in [9.17, 15) is 4.79 Å². The van der Waals surface area contributed by atoms with Crippen molar-refractivity contribution in [2.45, 2.75) is 13.8 Å². The third-order valence-corrected chi connectivity index (χ3v) is 2.24. The van der Waals surface area contributed by atoms with Gasteiger partial charge in [0.2, 0.25) is 5.89 Å². The van der Waals surface area contributed by atoms with Crippen molar-refractivity contribution < 1.29 is 9.21 Å². The number of aromatic nitrogens is 2. The number of amides is 1. The molecular formula is C11H12N4O2. The summed E-state index contributed by atoms with van der Waals surface area (Å²) >= 11 is 0. The molecular weight excluding hydrogens is 220 g/mol. The molecule has 0 atom stereocenters. The van der Waals surface area contributed by atoms with E-state index >= 15 is 0 Å². The predicted octanol–water partition coefficient (Wildman–Crippen LogP) is 1.52. The van der Waals surface area contributed by atoms with Gasteiger partial charge in [-0.2, -0.15) is 0 Å². The zero-order valence-electron chi connectivity index (χ0n) is 9.52. The molecule has 0 radical (unpaired) electrons. The lowest BCUT2D eigenvalue weighted by Gasteiger charge is -2.05. The van der Waals surface area contributed by atoms with E-state index in [0.717, 1.165) is 5.56 Å². The van der Waals surface area contributed by atoms with E-state index in [1.165, 1.54) is 0 Å². The number of anilines is 2. The highest BCUT2D eigenvalue weighted by Gasteiger charge is 2.12. The minimum atomic E-state index is -0.300. The van der Waals surface area contributed by atoms with Crippen LogP contribution in [0.5, 0.6) is 0 Å². The van der Waals surface area contributed by atoms with Crippen LogP contribution < -0.4 is 11.1 Å². The van der Waals surface area contributed by atoms with E-state index in [2.05, 4.69) is 15.5 Å². The van der Waals surface area contributed by atoms with E-state index in [4.69, 9.17) is 10.2 Å². The first-order chi connectivity index (χ1) is 8.06. The SMILES string of the molecule is Cc1nnc(NC(=O)c2ccc(N)cc2C)o1. The van der Waals surface area contributed by atoms with Gasteiger partial charge in [0.05, 0.1) is 0 Å². The first-order valence-corrected chi connectivity index (χ1v) is 5.04. The van der Waals surface area contributed by atoms with Gasteiger partial charge in [-0.05, 0) is 30.7 Å². The number of carbonyl (C=O) groups is 1. The molecule has 0 bridgehead atoms. The van der Waals surface area contributed by atoms with Crippen LogP contribution in [0.2, 0.25) is 0 Å². The van der Waals surface area contributed by atoms with Crippen molar-refractivity contribution in [3.8, 4) is 0 Å². The predicted molar refractivity (Wildman–Crippen MR) is 62.6 cm³/mol. The Labute approximate surface area is 97.8 Å². The third kappa shape index (κ3) is 2.41. The standard InChI is InChI=1S/C11H12N4O2/c1-6-5-8(12)3-4-9(6)10(16)13-11-15-14-7(2)17-11/h3-5H,12H2,1-2H3,(H,13,15,16). The lowest BCUT2D eigenvalue weighted by atomic mass is 10.1. The lowest BCUT2D eigenvalue weighted by molar-refractivity contribution is 0.102. The van der Waals surface area contributed by atoms with Crippen LogP contribution in [0.1, 0.15) is 21.8 Å². The summed E-state index contributed by atoms with van der Waals surface area (Å²) < 4.78 is 5.06. The molecule has 0 aliphatic heterocycles.